The highest BCUT2D eigenvalue weighted by Crippen LogP contribution is 2.29. The molecule has 0 saturated carbocycles. The maximum Gasteiger partial charge on any atom is 0.336 e. The third-order valence-electron chi connectivity index (χ3n) is 4.81. The van der Waals surface area contributed by atoms with Crippen LogP contribution in [0.5, 0.6) is 0 Å². The SMILES string of the molecule is CCc1ccc2c(CSc3nnc(C)n3-c3ccccc3C)cc(=O)oc2c1. The van der Waals surface area contributed by atoms with Gasteiger partial charge in [0.2, 0.25) is 0 Å². The van der Waals surface area contributed by atoms with Crippen molar-refractivity contribution in [1.82, 2.24) is 14.8 Å². The van der Waals surface area contributed by atoms with Crippen LogP contribution < -0.4 is 5.63 Å². The van der Waals surface area contributed by atoms with Crippen molar-refractivity contribution in [2.75, 3.05) is 0 Å². The van der Waals surface area contributed by atoms with Crippen LogP contribution in [0.25, 0.3) is 16.7 Å². The molecule has 0 unspecified atom stereocenters. The Labute approximate surface area is 167 Å². The summed E-state index contributed by atoms with van der Waals surface area (Å²) >= 11 is 1.57. The van der Waals surface area contributed by atoms with Crippen molar-refractivity contribution in [3.8, 4) is 5.69 Å². The van der Waals surface area contributed by atoms with Crippen molar-refractivity contribution in [3.05, 3.63) is 81.5 Å². The number of para-hydroxylation sites is 1. The first-order valence-corrected chi connectivity index (χ1v) is 10.2. The number of aryl methyl sites for hydroxylation is 3. The first-order valence-electron chi connectivity index (χ1n) is 9.23. The molecule has 5 nitrogen and oxygen atoms in total. The molecular weight excluding hydrogens is 370 g/mol. The van der Waals surface area contributed by atoms with E-state index in [1.165, 1.54) is 0 Å². The van der Waals surface area contributed by atoms with Crippen LogP contribution in [0.4, 0.5) is 0 Å². The third-order valence-corrected chi connectivity index (χ3v) is 5.79. The van der Waals surface area contributed by atoms with Crippen molar-refractivity contribution in [2.24, 2.45) is 0 Å². The molecule has 0 amide bonds. The lowest BCUT2D eigenvalue weighted by atomic mass is 10.1. The zero-order valence-electron chi connectivity index (χ0n) is 16.1. The second kappa shape index (κ2) is 7.64. The summed E-state index contributed by atoms with van der Waals surface area (Å²) in [4.78, 5) is 12.0. The standard InChI is InChI=1S/C22H21N3O2S/c1-4-16-9-10-18-17(12-21(26)27-20(18)11-16)13-28-22-24-23-15(3)25(22)19-8-6-5-7-14(19)2/h5-12H,4,13H2,1-3H3. The molecule has 0 N–H and O–H groups in total. The van der Waals surface area contributed by atoms with Crippen LogP contribution in [0, 0.1) is 13.8 Å². The molecule has 2 aromatic carbocycles. The van der Waals surface area contributed by atoms with E-state index in [0.29, 0.717) is 11.3 Å². The van der Waals surface area contributed by atoms with E-state index in [9.17, 15) is 4.79 Å². The fourth-order valence-corrected chi connectivity index (χ4v) is 4.27. The van der Waals surface area contributed by atoms with Crippen molar-refractivity contribution in [2.45, 2.75) is 38.1 Å². The molecule has 0 saturated heterocycles. The molecule has 6 heteroatoms. The molecular formula is C22H21N3O2S. The smallest absolute Gasteiger partial charge is 0.336 e. The van der Waals surface area contributed by atoms with Gasteiger partial charge in [-0.2, -0.15) is 0 Å². The zero-order chi connectivity index (χ0) is 19.7. The van der Waals surface area contributed by atoms with Gasteiger partial charge in [0.05, 0.1) is 5.69 Å². The highest BCUT2D eigenvalue weighted by molar-refractivity contribution is 7.98. The van der Waals surface area contributed by atoms with Crippen molar-refractivity contribution in [3.63, 3.8) is 0 Å². The molecule has 0 fully saturated rings. The van der Waals surface area contributed by atoms with Crippen molar-refractivity contribution >= 4 is 22.7 Å². The Morgan fingerprint density at radius 2 is 1.89 bits per heavy atom. The first-order chi connectivity index (χ1) is 13.6. The predicted octanol–water partition coefficient (Wildman–Crippen LogP) is 4.85. The van der Waals surface area contributed by atoms with Gasteiger partial charge in [-0.1, -0.05) is 49.0 Å². The second-order valence-corrected chi connectivity index (χ2v) is 7.66. The molecule has 28 heavy (non-hydrogen) atoms. The van der Waals surface area contributed by atoms with Gasteiger partial charge in [-0.3, -0.25) is 4.57 Å². The normalized spacial score (nSPS) is 11.2. The number of hydrogen-bond acceptors (Lipinski definition) is 5. The highest BCUT2D eigenvalue weighted by atomic mass is 32.2. The Morgan fingerprint density at radius 1 is 1.07 bits per heavy atom. The molecule has 4 aromatic rings. The van der Waals surface area contributed by atoms with Crippen LogP contribution in [0.15, 0.2) is 62.9 Å². The van der Waals surface area contributed by atoms with Crippen LogP contribution in [0.1, 0.15) is 29.4 Å². The summed E-state index contributed by atoms with van der Waals surface area (Å²) in [5.41, 5.74) is 4.63. The van der Waals surface area contributed by atoms with Gasteiger partial charge >= 0.3 is 5.63 Å². The van der Waals surface area contributed by atoms with Crippen LogP contribution in [-0.4, -0.2) is 14.8 Å². The molecule has 0 atom stereocenters. The van der Waals surface area contributed by atoms with E-state index in [1.54, 1.807) is 17.8 Å². The lowest BCUT2D eigenvalue weighted by Gasteiger charge is -2.11. The number of thioether (sulfide) groups is 1. The van der Waals surface area contributed by atoms with E-state index in [4.69, 9.17) is 4.42 Å². The molecule has 0 bridgehead atoms. The fourth-order valence-electron chi connectivity index (χ4n) is 3.28. The van der Waals surface area contributed by atoms with Crippen LogP contribution in [0.2, 0.25) is 0 Å². The van der Waals surface area contributed by atoms with Gasteiger partial charge in [-0.05, 0) is 49.1 Å². The summed E-state index contributed by atoms with van der Waals surface area (Å²) in [6, 6.07) is 15.8. The van der Waals surface area contributed by atoms with Gasteiger partial charge in [-0.15, -0.1) is 10.2 Å². The average Bonchev–Trinajstić information content (AvgIpc) is 3.06. The molecule has 0 aliphatic rings. The Hall–Kier alpha value is -2.86. The summed E-state index contributed by atoms with van der Waals surface area (Å²) < 4.78 is 7.47. The molecule has 142 valence electrons. The minimum atomic E-state index is -0.326. The highest BCUT2D eigenvalue weighted by Gasteiger charge is 2.14. The second-order valence-electron chi connectivity index (χ2n) is 6.72. The maximum atomic E-state index is 12.0. The van der Waals surface area contributed by atoms with E-state index in [1.807, 2.05) is 31.2 Å². The Bertz CT molecular complexity index is 1210. The monoisotopic (exact) mass is 391 g/mol. The number of aromatic nitrogens is 3. The Balaban J connectivity index is 1.70. The van der Waals surface area contributed by atoms with Gasteiger partial charge in [0.1, 0.15) is 11.4 Å². The topological polar surface area (TPSA) is 60.9 Å². The number of fused-ring (bicyclic) bond motifs is 1. The van der Waals surface area contributed by atoms with E-state index in [2.05, 4.69) is 46.8 Å². The summed E-state index contributed by atoms with van der Waals surface area (Å²) in [5.74, 6) is 1.44. The zero-order valence-corrected chi connectivity index (χ0v) is 16.9. The fraction of sp³-hybridized carbons (Fsp3) is 0.227. The Kier molecular flexibility index (Phi) is 5.05. The summed E-state index contributed by atoms with van der Waals surface area (Å²) in [7, 11) is 0. The molecule has 0 aliphatic carbocycles. The van der Waals surface area contributed by atoms with Crippen molar-refractivity contribution < 1.29 is 4.42 Å². The third kappa shape index (κ3) is 3.47. The van der Waals surface area contributed by atoms with Gasteiger partial charge in [-0.25, -0.2) is 4.79 Å². The van der Waals surface area contributed by atoms with Crippen LogP contribution >= 0.6 is 11.8 Å². The van der Waals surface area contributed by atoms with E-state index < -0.39 is 0 Å². The summed E-state index contributed by atoms with van der Waals surface area (Å²) in [6.07, 6.45) is 0.900. The van der Waals surface area contributed by atoms with Crippen LogP contribution in [-0.2, 0) is 12.2 Å². The number of nitrogens with zero attached hydrogens (tertiary/aromatic N) is 3. The quantitative estimate of drug-likeness (QED) is 0.360. The minimum Gasteiger partial charge on any atom is -0.423 e. The molecule has 2 aromatic heterocycles. The number of benzene rings is 2. The molecule has 2 heterocycles. The molecule has 0 aliphatic heterocycles. The largest absolute Gasteiger partial charge is 0.423 e. The summed E-state index contributed by atoms with van der Waals surface area (Å²) in [6.45, 7) is 6.10. The molecule has 0 radical (unpaired) electrons. The lowest BCUT2D eigenvalue weighted by Crippen LogP contribution is -2.03. The van der Waals surface area contributed by atoms with Crippen LogP contribution in [0.3, 0.4) is 0 Å². The van der Waals surface area contributed by atoms with Gasteiger partial charge in [0, 0.05) is 17.2 Å². The average molecular weight is 391 g/mol. The van der Waals surface area contributed by atoms with Gasteiger partial charge in [0.15, 0.2) is 5.16 Å². The van der Waals surface area contributed by atoms with E-state index >= 15 is 0 Å². The number of hydrogen-bond donors (Lipinski definition) is 0. The van der Waals surface area contributed by atoms with Gasteiger partial charge in [0.25, 0.3) is 0 Å². The van der Waals surface area contributed by atoms with Gasteiger partial charge < -0.3 is 4.42 Å². The first kappa shape index (κ1) is 18.5. The van der Waals surface area contributed by atoms with E-state index in [0.717, 1.165) is 45.2 Å². The van der Waals surface area contributed by atoms with E-state index in [-0.39, 0.29) is 5.63 Å². The summed E-state index contributed by atoms with van der Waals surface area (Å²) in [5, 5.41) is 10.4. The maximum absolute atomic E-state index is 12.0. The molecule has 0 spiro atoms. The minimum absolute atomic E-state index is 0.326. The molecule has 4 rings (SSSR count). The van der Waals surface area contributed by atoms with Crippen molar-refractivity contribution in [1.29, 1.82) is 0 Å². The Morgan fingerprint density at radius 3 is 2.68 bits per heavy atom. The lowest BCUT2D eigenvalue weighted by molar-refractivity contribution is 0.559. The predicted molar refractivity (Wildman–Crippen MR) is 112 cm³/mol. The number of rotatable bonds is 5.